The third-order valence-electron chi connectivity index (χ3n) is 4.84. The lowest BCUT2D eigenvalue weighted by molar-refractivity contribution is -0.117. The second kappa shape index (κ2) is 9.01. The predicted molar refractivity (Wildman–Crippen MR) is 117 cm³/mol. The highest BCUT2D eigenvalue weighted by molar-refractivity contribution is 6.30. The molecule has 0 radical (unpaired) electrons. The van der Waals surface area contributed by atoms with Crippen LogP contribution in [0.3, 0.4) is 0 Å². The summed E-state index contributed by atoms with van der Waals surface area (Å²) >= 11 is 5.95. The van der Waals surface area contributed by atoms with Gasteiger partial charge in [0, 0.05) is 30.0 Å². The number of anilines is 2. The van der Waals surface area contributed by atoms with Crippen molar-refractivity contribution in [1.29, 1.82) is 0 Å². The molecule has 31 heavy (non-hydrogen) atoms. The first-order valence-electron chi connectivity index (χ1n) is 9.59. The van der Waals surface area contributed by atoms with E-state index >= 15 is 0 Å². The number of benzene rings is 1. The van der Waals surface area contributed by atoms with Gasteiger partial charge in [-0.25, -0.2) is 9.97 Å². The Kier molecular flexibility index (Phi) is 5.99. The van der Waals surface area contributed by atoms with Gasteiger partial charge >= 0.3 is 0 Å². The summed E-state index contributed by atoms with van der Waals surface area (Å²) in [6, 6.07) is 12.5. The lowest BCUT2D eigenvalue weighted by Crippen LogP contribution is -2.40. The number of carbonyl (C=O) groups excluding carboxylic acids is 2. The highest BCUT2D eigenvalue weighted by atomic mass is 35.5. The molecule has 0 fully saturated rings. The molecule has 0 atom stereocenters. The zero-order valence-electron chi connectivity index (χ0n) is 16.8. The molecule has 2 aromatic heterocycles. The molecule has 158 valence electrons. The smallest absolute Gasteiger partial charge is 0.253 e. The lowest BCUT2D eigenvalue weighted by atomic mass is 10.1. The minimum Gasteiger partial charge on any atom is -0.481 e. The number of nitrogens with zero attached hydrogens (tertiary/aromatic N) is 3. The predicted octanol–water partition coefficient (Wildman–Crippen LogP) is 3.03. The second-order valence-electron chi connectivity index (χ2n) is 6.94. The summed E-state index contributed by atoms with van der Waals surface area (Å²) in [6.45, 7) is 0.803. The fraction of sp³-hybridized carbons (Fsp3) is 0.182. The largest absolute Gasteiger partial charge is 0.481 e. The number of halogens is 1. The van der Waals surface area contributed by atoms with E-state index in [1.54, 1.807) is 42.5 Å². The molecule has 0 saturated heterocycles. The van der Waals surface area contributed by atoms with Crippen LogP contribution >= 0.6 is 11.6 Å². The minimum atomic E-state index is -0.296. The Labute approximate surface area is 184 Å². The van der Waals surface area contributed by atoms with Crippen LogP contribution in [0.25, 0.3) is 0 Å². The van der Waals surface area contributed by atoms with E-state index in [0.717, 1.165) is 11.1 Å². The van der Waals surface area contributed by atoms with Gasteiger partial charge < -0.3 is 20.3 Å². The maximum atomic E-state index is 12.7. The monoisotopic (exact) mass is 437 g/mol. The average Bonchev–Trinajstić information content (AvgIpc) is 2.80. The number of hydrogen-bond acceptors (Lipinski definition) is 6. The summed E-state index contributed by atoms with van der Waals surface area (Å²) in [6.07, 6.45) is 3.13. The van der Waals surface area contributed by atoms with Crippen molar-refractivity contribution in [3.8, 4) is 5.88 Å². The highest BCUT2D eigenvalue weighted by Gasteiger charge is 2.26. The normalized spacial score (nSPS) is 12.7. The molecule has 1 aliphatic rings. The van der Waals surface area contributed by atoms with Crippen LogP contribution in [0.2, 0.25) is 5.02 Å². The van der Waals surface area contributed by atoms with Gasteiger partial charge in [0.1, 0.15) is 0 Å². The third kappa shape index (κ3) is 4.75. The van der Waals surface area contributed by atoms with E-state index in [2.05, 4.69) is 20.6 Å². The van der Waals surface area contributed by atoms with E-state index in [-0.39, 0.29) is 18.4 Å². The van der Waals surface area contributed by atoms with E-state index in [4.69, 9.17) is 16.3 Å². The summed E-state index contributed by atoms with van der Waals surface area (Å²) in [5.74, 6) is 0.665. The number of pyridine rings is 2. The Morgan fingerprint density at radius 1 is 1.16 bits per heavy atom. The molecule has 8 nitrogen and oxygen atoms in total. The second-order valence-corrected chi connectivity index (χ2v) is 7.38. The molecule has 2 N–H and O–H groups in total. The molecule has 0 bridgehead atoms. The molecule has 4 rings (SSSR count). The fourth-order valence-electron chi connectivity index (χ4n) is 3.17. The van der Waals surface area contributed by atoms with E-state index in [0.29, 0.717) is 41.1 Å². The van der Waals surface area contributed by atoms with E-state index in [1.807, 2.05) is 18.2 Å². The quantitative estimate of drug-likeness (QED) is 0.615. The first-order valence-corrected chi connectivity index (χ1v) is 9.97. The number of methoxy groups -OCH3 is 1. The summed E-state index contributed by atoms with van der Waals surface area (Å²) in [7, 11) is 1.54. The Balaban J connectivity index is 1.51. The van der Waals surface area contributed by atoms with Crippen LogP contribution in [0.1, 0.15) is 21.5 Å². The zero-order chi connectivity index (χ0) is 21.8. The van der Waals surface area contributed by atoms with Crippen molar-refractivity contribution in [3.05, 3.63) is 76.6 Å². The van der Waals surface area contributed by atoms with Gasteiger partial charge in [0.25, 0.3) is 5.91 Å². The maximum Gasteiger partial charge on any atom is 0.253 e. The Hall–Kier alpha value is -3.65. The van der Waals surface area contributed by atoms with E-state index in [9.17, 15) is 9.59 Å². The number of rotatable bonds is 6. The first kappa shape index (κ1) is 20.6. The maximum absolute atomic E-state index is 12.7. The standard InChI is InChI=1S/C22H20ClN5O3/c1-31-19-7-4-15(9-24-19)10-27-22(30)16-8-18-21(25-11-16)26-12-20(29)28(18)13-14-2-5-17(23)6-3-14/h2-9,11H,10,12-13H2,1H3,(H,25,26)(H,27,30). The number of ether oxygens (including phenoxy) is 1. The van der Waals surface area contributed by atoms with Gasteiger partial charge in [-0.05, 0) is 29.3 Å². The van der Waals surface area contributed by atoms with Crippen molar-refractivity contribution < 1.29 is 14.3 Å². The van der Waals surface area contributed by atoms with Gasteiger partial charge in [-0.15, -0.1) is 0 Å². The van der Waals surface area contributed by atoms with Gasteiger partial charge in [0.05, 0.1) is 31.5 Å². The highest BCUT2D eigenvalue weighted by Crippen LogP contribution is 2.30. The van der Waals surface area contributed by atoms with Crippen molar-refractivity contribution in [2.24, 2.45) is 0 Å². The Bertz CT molecular complexity index is 1100. The average molecular weight is 438 g/mol. The molecule has 3 aromatic rings. The third-order valence-corrected chi connectivity index (χ3v) is 5.09. The summed E-state index contributed by atoms with van der Waals surface area (Å²) in [5.41, 5.74) is 2.68. The van der Waals surface area contributed by atoms with Crippen molar-refractivity contribution in [3.63, 3.8) is 0 Å². The Morgan fingerprint density at radius 2 is 1.94 bits per heavy atom. The molecule has 0 unspecified atom stereocenters. The van der Waals surface area contributed by atoms with Crippen molar-refractivity contribution in [1.82, 2.24) is 15.3 Å². The van der Waals surface area contributed by atoms with E-state index < -0.39 is 0 Å². The molecule has 3 heterocycles. The van der Waals surface area contributed by atoms with Gasteiger partial charge in [0.15, 0.2) is 5.82 Å². The summed E-state index contributed by atoms with van der Waals surface area (Å²) in [4.78, 5) is 35.3. The van der Waals surface area contributed by atoms with Crippen molar-refractivity contribution >= 4 is 34.9 Å². The fourth-order valence-corrected chi connectivity index (χ4v) is 3.30. The van der Waals surface area contributed by atoms with Gasteiger partial charge in [0.2, 0.25) is 11.8 Å². The van der Waals surface area contributed by atoms with Crippen LogP contribution in [0.4, 0.5) is 11.5 Å². The molecule has 1 aromatic carbocycles. The van der Waals surface area contributed by atoms with Crippen LogP contribution < -0.4 is 20.3 Å². The zero-order valence-corrected chi connectivity index (χ0v) is 17.5. The number of fused-ring (bicyclic) bond motifs is 1. The molecule has 0 spiro atoms. The molecule has 2 amide bonds. The number of amides is 2. The molecule has 9 heteroatoms. The summed E-state index contributed by atoms with van der Waals surface area (Å²) < 4.78 is 5.03. The van der Waals surface area contributed by atoms with Crippen LogP contribution in [0.5, 0.6) is 5.88 Å². The first-order chi connectivity index (χ1) is 15.0. The van der Waals surface area contributed by atoms with Crippen molar-refractivity contribution in [2.45, 2.75) is 13.1 Å². The minimum absolute atomic E-state index is 0.105. The van der Waals surface area contributed by atoms with Crippen LogP contribution in [0.15, 0.2) is 54.9 Å². The van der Waals surface area contributed by atoms with Crippen LogP contribution in [-0.2, 0) is 17.9 Å². The number of hydrogen-bond donors (Lipinski definition) is 2. The molecule has 1 aliphatic heterocycles. The summed E-state index contributed by atoms with van der Waals surface area (Å²) in [5, 5.41) is 6.47. The van der Waals surface area contributed by atoms with Gasteiger partial charge in [-0.3, -0.25) is 9.59 Å². The topological polar surface area (TPSA) is 96.5 Å². The van der Waals surface area contributed by atoms with Crippen molar-refractivity contribution in [2.75, 3.05) is 23.9 Å². The van der Waals surface area contributed by atoms with E-state index in [1.165, 1.54) is 6.20 Å². The number of aromatic nitrogens is 2. The molecular weight excluding hydrogens is 418 g/mol. The van der Waals surface area contributed by atoms with Crippen LogP contribution in [-0.4, -0.2) is 35.4 Å². The molecule has 0 saturated carbocycles. The SMILES string of the molecule is COc1ccc(CNC(=O)c2cnc3c(c2)N(Cc2ccc(Cl)cc2)C(=O)CN3)cn1. The Morgan fingerprint density at radius 3 is 2.65 bits per heavy atom. The van der Waals surface area contributed by atoms with Gasteiger partial charge in [-0.2, -0.15) is 0 Å². The number of carbonyl (C=O) groups is 2. The molecule has 0 aliphatic carbocycles. The van der Waals surface area contributed by atoms with Gasteiger partial charge in [-0.1, -0.05) is 29.8 Å². The lowest BCUT2D eigenvalue weighted by Gasteiger charge is -2.29. The number of nitrogens with one attached hydrogen (secondary N) is 2. The molecular formula is C22H20ClN5O3. The van der Waals surface area contributed by atoms with Crippen LogP contribution in [0, 0.1) is 0 Å².